The number of hydrogen-bond acceptors (Lipinski definition) is 4. The van der Waals surface area contributed by atoms with Crippen molar-refractivity contribution in [3.05, 3.63) is 59.7 Å². The summed E-state index contributed by atoms with van der Waals surface area (Å²) >= 11 is 0. The average molecular weight is 354 g/mol. The lowest BCUT2D eigenvalue weighted by Crippen LogP contribution is -2.37. The zero-order chi connectivity index (χ0) is 18.5. The van der Waals surface area contributed by atoms with E-state index >= 15 is 0 Å². The Morgan fingerprint density at radius 1 is 1.15 bits per heavy atom. The smallest absolute Gasteiger partial charge is 0.255 e. The Morgan fingerprint density at radius 3 is 2.62 bits per heavy atom. The number of rotatable bonds is 6. The van der Waals surface area contributed by atoms with Crippen LogP contribution in [0.25, 0.3) is 0 Å². The van der Waals surface area contributed by atoms with Crippen molar-refractivity contribution in [2.75, 3.05) is 20.8 Å². The molecule has 6 heteroatoms. The van der Waals surface area contributed by atoms with E-state index in [1.165, 1.54) is 7.11 Å². The fourth-order valence-corrected chi connectivity index (χ4v) is 3.07. The normalized spacial score (nSPS) is 16.5. The summed E-state index contributed by atoms with van der Waals surface area (Å²) in [6.45, 7) is 1.05. The summed E-state index contributed by atoms with van der Waals surface area (Å²) in [5.74, 6) is 0.834. The molecule has 1 aliphatic rings. The standard InChI is InChI=1S/C20H22N2O4/c1-25-16-8-9-17(18(11-16)26-2)20(24)21-15-10-19(23)22(13-15)12-14-6-4-3-5-7-14/h3-9,11,15H,10,12-13H2,1-2H3,(H,21,24)/t15-/m1/s1. The predicted molar refractivity (Wildman–Crippen MR) is 97.3 cm³/mol. The lowest BCUT2D eigenvalue weighted by atomic mass is 10.1. The highest BCUT2D eigenvalue weighted by Gasteiger charge is 2.31. The first-order valence-corrected chi connectivity index (χ1v) is 8.45. The summed E-state index contributed by atoms with van der Waals surface area (Å²) < 4.78 is 10.4. The molecule has 0 bridgehead atoms. The van der Waals surface area contributed by atoms with Crippen LogP contribution in [0.15, 0.2) is 48.5 Å². The second-order valence-corrected chi connectivity index (χ2v) is 6.20. The van der Waals surface area contributed by atoms with Crippen molar-refractivity contribution in [2.24, 2.45) is 0 Å². The van der Waals surface area contributed by atoms with E-state index in [0.717, 1.165) is 5.56 Å². The molecule has 1 N–H and O–H groups in total. The SMILES string of the molecule is COc1ccc(C(=O)N[C@@H]2CC(=O)N(Cc3ccccc3)C2)c(OC)c1. The van der Waals surface area contributed by atoms with Crippen LogP contribution in [-0.2, 0) is 11.3 Å². The van der Waals surface area contributed by atoms with Gasteiger partial charge in [-0.3, -0.25) is 9.59 Å². The number of methoxy groups -OCH3 is 2. The Hall–Kier alpha value is -3.02. The van der Waals surface area contributed by atoms with Crippen molar-refractivity contribution in [1.29, 1.82) is 0 Å². The molecule has 1 saturated heterocycles. The van der Waals surface area contributed by atoms with Gasteiger partial charge in [0.15, 0.2) is 0 Å². The minimum atomic E-state index is -0.260. The molecular weight excluding hydrogens is 332 g/mol. The summed E-state index contributed by atoms with van der Waals surface area (Å²) in [5, 5.41) is 2.93. The monoisotopic (exact) mass is 354 g/mol. The van der Waals surface area contributed by atoms with E-state index in [2.05, 4.69) is 5.32 Å². The number of likely N-dealkylation sites (tertiary alicyclic amines) is 1. The highest BCUT2D eigenvalue weighted by atomic mass is 16.5. The number of benzene rings is 2. The van der Waals surface area contributed by atoms with Gasteiger partial charge >= 0.3 is 0 Å². The van der Waals surface area contributed by atoms with E-state index in [1.807, 2.05) is 30.3 Å². The molecule has 2 aromatic carbocycles. The molecule has 0 aliphatic carbocycles. The van der Waals surface area contributed by atoms with Crippen LogP contribution in [0.1, 0.15) is 22.3 Å². The molecule has 136 valence electrons. The van der Waals surface area contributed by atoms with Crippen molar-refractivity contribution in [1.82, 2.24) is 10.2 Å². The summed E-state index contributed by atoms with van der Waals surface area (Å²) in [6.07, 6.45) is 0.303. The van der Waals surface area contributed by atoms with Crippen molar-refractivity contribution in [2.45, 2.75) is 19.0 Å². The molecule has 6 nitrogen and oxygen atoms in total. The summed E-state index contributed by atoms with van der Waals surface area (Å²) in [6, 6.07) is 14.6. The van der Waals surface area contributed by atoms with Crippen LogP contribution in [0.3, 0.4) is 0 Å². The molecule has 1 aliphatic heterocycles. The van der Waals surface area contributed by atoms with Gasteiger partial charge in [0.05, 0.1) is 25.8 Å². The third-order valence-electron chi connectivity index (χ3n) is 4.42. The molecule has 1 heterocycles. The summed E-state index contributed by atoms with van der Waals surface area (Å²) in [5.41, 5.74) is 1.49. The number of ether oxygens (including phenoxy) is 2. The molecule has 0 unspecified atom stereocenters. The predicted octanol–water partition coefficient (Wildman–Crippen LogP) is 2.23. The second kappa shape index (κ2) is 7.91. The first kappa shape index (κ1) is 17.8. The van der Waals surface area contributed by atoms with E-state index in [1.54, 1.807) is 30.2 Å². The van der Waals surface area contributed by atoms with Crippen molar-refractivity contribution < 1.29 is 19.1 Å². The Kier molecular flexibility index (Phi) is 5.41. The van der Waals surface area contributed by atoms with E-state index in [-0.39, 0.29) is 17.9 Å². The maximum atomic E-state index is 12.6. The van der Waals surface area contributed by atoms with Gasteiger partial charge < -0.3 is 19.7 Å². The molecule has 0 spiro atoms. The van der Waals surface area contributed by atoms with Crippen LogP contribution in [0.5, 0.6) is 11.5 Å². The van der Waals surface area contributed by atoms with Crippen molar-refractivity contribution in [3.63, 3.8) is 0 Å². The fraction of sp³-hybridized carbons (Fsp3) is 0.300. The van der Waals surface area contributed by atoms with Crippen LogP contribution in [0, 0.1) is 0 Å². The van der Waals surface area contributed by atoms with Gasteiger partial charge in [0.1, 0.15) is 11.5 Å². The number of nitrogens with one attached hydrogen (secondary N) is 1. The molecule has 2 aromatic rings. The Balaban J connectivity index is 1.64. The Labute approximate surface area is 152 Å². The van der Waals surface area contributed by atoms with Crippen molar-refractivity contribution >= 4 is 11.8 Å². The molecule has 0 aromatic heterocycles. The minimum Gasteiger partial charge on any atom is -0.497 e. The zero-order valence-corrected chi connectivity index (χ0v) is 14.9. The maximum absolute atomic E-state index is 12.6. The van der Waals surface area contributed by atoms with Crippen LogP contribution in [0.2, 0.25) is 0 Å². The third kappa shape index (κ3) is 3.96. The summed E-state index contributed by atoms with van der Waals surface area (Å²) in [7, 11) is 3.06. The van der Waals surface area contributed by atoms with Crippen LogP contribution in [-0.4, -0.2) is 43.5 Å². The number of nitrogens with zero attached hydrogens (tertiary/aromatic N) is 1. The number of carbonyl (C=O) groups is 2. The molecule has 26 heavy (non-hydrogen) atoms. The van der Waals surface area contributed by atoms with Crippen LogP contribution in [0.4, 0.5) is 0 Å². The zero-order valence-electron chi connectivity index (χ0n) is 14.9. The van der Waals surface area contributed by atoms with Gasteiger partial charge in [0.25, 0.3) is 5.91 Å². The topological polar surface area (TPSA) is 67.9 Å². The van der Waals surface area contributed by atoms with Gasteiger partial charge in [-0.15, -0.1) is 0 Å². The maximum Gasteiger partial charge on any atom is 0.255 e. The third-order valence-corrected chi connectivity index (χ3v) is 4.42. The lowest BCUT2D eigenvalue weighted by molar-refractivity contribution is -0.128. The number of carbonyl (C=O) groups excluding carboxylic acids is 2. The largest absolute Gasteiger partial charge is 0.497 e. The highest BCUT2D eigenvalue weighted by Crippen LogP contribution is 2.25. The molecule has 0 radical (unpaired) electrons. The highest BCUT2D eigenvalue weighted by molar-refractivity contribution is 5.97. The molecule has 1 atom stereocenters. The van der Waals surface area contributed by atoms with Gasteiger partial charge in [-0.05, 0) is 17.7 Å². The molecular formula is C20H22N2O4. The van der Waals surface area contributed by atoms with Gasteiger partial charge in [-0.25, -0.2) is 0 Å². The molecule has 3 rings (SSSR count). The second-order valence-electron chi connectivity index (χ2n) is 6.20. The van der Waals surface area contributed by atoms with E-state index in [0.29, 0.717) is 36.6 Å². The molecule has 2 amide bonds. The van der Waals surface area contributed by atoms with Gasteiger partial charge in [-0.1, -0.05) is 30.3 Å². The Morgan fingerprint density at radius 2 is 1.92 bits per heavy atom. The minimum absolute atomic E-state index is 0.0425. The number of hydrogen-bond donors (Lipinski definition) is 1. The molecule has 1 fully saturated rings. The van der Waals surface area contributed by atoms with E-state index in [9.17, 15) is 9.59 Å². The quantitative estimate of drug-likeness (QED) is 0.864. The molecule has 0 saturated carbocycles. The van der Waals surface area contributed by atoms with E-state index in [4.69, 9.17) is 9.47 Å². The van der Waals surface area contributed by atoms with Gasteiger partial charge in [0.2, 0.25) is 5.91 Å². The van der Waals surface area contributed by atoms with E-state index < -0.39 is 0 Å². The first-order chi connectivity index (χ1) is 12.6. The first-order valence-electron chi connectivity index (χ1n) is 8.45. The fourth-order valence-electron chi connectivity index (χ4n) is 3.07. The van der Waals surface area contributed by atoms with Gasteiger partial charge in [-0.2, -0.15) is 0 Å². The van der Waals surface area contributed by atoms with Crippen LogP contribution < -0.4 is 14.8 Å². The Bertz CT molecular complexity index is 792. The number of amides is 2. The average Bonchev–Trinajstić information content (AvgIpc) is 3.00. The summed E-state index contributed by atoms with van der Waals surface area (Å²) in [4.78, 5) is 26.6. The van der Waals surface area contributed by atoms with Gasteiger partial charge in [0, 0.05) is 25.6 Å². The van der Waals surface area contributed by atoms with Crippen LogP contribution >= 0.6 is 0 Å². The van der Waals surface area contributed by atoms with Crippen molar-refractivity contribution in [3.8, 4) is 11.5 Å². The lowest BCUT2D eigenvalue weighted by Gasteiger charge is -2.18.